The second kappa shape index (κ2) is 5.92. The fourth-order valence-electron chi connectivity index (χ4n) is 1.81. The number of hydrogen-bond acceptors (Lipinski definition) is 5. The van der Waals surface area contributed by atoms with Gasteiger partial charge >= 0.3 is 0 Å². The molecule has 0 saturated carbocycles. The third-order valence-corrected chi connectivity index (χ3v) is 4.67. The van der Waals surface area contributed by atoms with Crippen LogP contribution in [0.1, 0.15) is 5.69 Å². The van der Waals surface area contributed by atoms with Gasteiger partial charge in [0, 0.05) is 24.4 Å². The molecule has 1 heterocycles. The molecule has 0 aliphatic carbocycles. The molecule has 1 aromatic carbocycles. The Bertz CT molecular complexity index is 685. The number of sulfone groups is 1. The monoisotopic (exact) mass is 292 g/mol. The van der Waals surface area contributed by atoms with E-state index in [0.717, 1.165) is 5.69 Å². The van der Waals surface area contributed by atoms with Crippen LogP contribution in [0.2, 0.25) is 0 Å². The van der Waals surface area contributed by atoms with Gasteiger partial charge in [0.05, 0.1) is 23.4 Å². The Balaban J connectivity index is 2.22. The summed E-state index contributed by atoms with van der Waals surface area (Å²) in [6.07, 6.45) is 1.99. The predicted octanol–water partition coefficient (Wildman–Crippen LogP) is 1.69. The minimum atomic E-state index is -3.47. The molecule has 5 nitrogen and oxygen atoms in total. The van der Waals surface area contributed by atoms with Crippen LogP contribution in [0.5, 0.6) is 5.75 Å². The average molecular weight is 292 g/mol. The van der Waals surface area contributed by atoms with Gasteiger partial charge in [-0.15, -0.1) is 0 Å². The summed E-state index contributed by atoms with van der Waals surface area (Å²) in [4.78, 5) is 4.22. The van der Waals surface area contributed by atoms with E-state index in [-0.39, 0.29) is 16.3 Å². The number of benzene rings is 1. The molecule has 2 rings (SSSR count). The Kier molecular flexibility index (Phi) is 4.24. The van der Waals surface area contributed by atoms with Crippen LogP contribution in [0.15, 0.2) is 47.5 Å². The molecule has 6 heteroatoms. The highest BCUT2D eigenvalue weighted by atomic mass is 32.2. The van der Waals surface area contributed by atoms with E-state index < -0.39 is 9.84 Å². The highest BCUT2D eigenvalue weighted by molar-refractivity contribution is 7.91. The van der Waals surface area contributed by atoms with Crippen LogP contribution in [0.4, 0.5) is 5.69 Å². The number of aromatic nitrogens is 1. The number of ether oxygens (including phenoxy) is 1. The number of hydrogen-bond donors (Lipinski definition) is 1. The first-order chi connectivity index (χ1) is 9.53. The van der Waals surface area contributed by atoms with E-state index in [0.29, 0.717) is 12.2 Å². The van der Waals surface area contributed by atoms with E-state index in [2.05, 4.69) is 4.98 Å². The van der Waals surface area contributed by atoms with Crippen molar-refractivity contribution in [1.82, 2.24) is 4.98 Å². The SMILES string of the molecule is COc1ccc(N)c(S(=O)(=O)CCc2ccccn2)c1. The van der Waals surface area contributed by atoms with Crippen LogP contribution >= 0.6 is 0 Å². The summed E-state index contributed by atoms with van der Waals surface area (Å²) in [6, 6.07) is 10.0. The number of nitrogens with two attached hydrogens (primary N) is 1. The highest BCUT2D eigenvalue weighted by Crippen LogP contribution is 2.25. The number of pyridine rings is 1. The smallest absolute Gasteiger partial charge is 0.180 e. The summed E-state index contributed by atoms with van der Waals surface area (Å²) in [5, 5.41) is 0. The van der Waals surface area contributed by atoms with Crippen LogP contribution < -0.4 is 10.5 Å². The number of aryl methyl sites for hydroxylation is 1. The molecule has 2 aromatic rings. The number of methoxy groups -OCH3 is 1. The Morgan fingerprint density at radius 3 is 2.70 bits per heavy atom. The first kappa shape index (κ1) is 14.3. The van der Waals surface area contributed by atoms with E-state index in [9.17, 15) is 8.42 Å². The first-order valence-electron chi connectivity index (χ1n) is 6.09. The molecule has 0 unspecified atom stereocenters. The first-order valence-corrected chi connectivity index (χ1v) is 7.74. The molecular formula is C14H16N2O3S. The zero-order chi connectivity index (χ0) is 14.6. The molecule has 0 fully saturated rings. The molecule has 0 bridgehead atoms. The molecule has 106 valence electrons. The molecule has 20 heavy (non-hydrogen) atoms. The predicted molar refractivity (Wildman–Crippen MR) is 77.4 cm³/mol. The van der Waals surface area contributed by atoms with Crippen LogP contribution in [-0.4, -0.2) is 26.3 Å². The van der Waals surface area contributed by atoms with Crippen LogP contribution in [-0.2, 0) is 16.3 Å². The van der Waals surface area contributed by atoms with Gasteiger partial charge in [0.1, 0.15) is 5.75 Å². The van der Waals surface area contributed by atoms with Crippen molar-refractivity contribution in [1.29, 1.82) is 0 Å². The van der Waals surface area contributed by atoms with Gasteiger partial charge < -0.3 is 10.5 Å². The quantitative estimate of drug-likeness (QED) is 0.848. The lowest BCUT2D eigenvalue weighted by molar-refractivity contribution is 0.413. The minimum absolute atomic E-state index is 0.0403. The lowest BCUT2D eigenvalue weighted by atomic mass is 10.3. The second-order valence-corrected chi connectivity index (χ2v) is 6.37. The molecule has 0 amide bonds. The second-order valence-electron chi connectivity index (χ2n) is 4.29. The number of nitrogen functional groups attached to an aromatic ring is 1. The van der Waals surface area contributed by atoms with Crippen molar-refractivity contribution in [2.75, 3.05) is 18.6 Å². The molecule has 0 atom stereocenters. The van der Waals surface area contributed by atoms with E-state index in [4.69, 9.17) is 10.5 Å². The van der Waals surface area contributed by atoms with E-state index in [1.165, 1.54) is 19.2 Å². The maximum absolute atomic E-state index is 12.3. The van der Waals surface area contributed by atoms with Gasteiger partial charge in [-0.1, -0.05) is 6.07 Å². The summed E-state index contributed by atoms with van der Waals surface area (Å²) in [7, 11) is -1.98. The molecule has 0 aliphatic rings. The molecule has 2 N–H and O–H groups in total. The van der Waals surface area contributed by atoms with Crippen molar-refractivity contribution in [3.8, 4) is 5.75 Å². The topological polar surface area (TPSA) is 82.3 Å². The zero-order valence-electron chi connectivity index (χ0n) is 11.1. The normalized spacial score (nSPS) is 11.2. The lowest BCUT2D eigenvalue weighted by Gasteiger charge is -2.09. The standard InChI is InChI=1S/C14H16N2O3S/c1-19-12-5-6-13(15)14(10-12)20(17,18)9-7-11-4-2-3-8-16-11/h2-6,8,10H,7,9,15H2,1H3. The maximum Gasteiger partial charge on any atom is 0.180 e. The largest absolute Gasteiger partial charge is 0.497 e. The van der Waals surface area contributed by atoms with Crippen molar-refractivity contribution >= 4 is 15.5 Å². The van der Waals surface area contributed by atoms with E-state index in [1.807, 2.05) is 6.07 Å². The van der Waals surface area contributed by atoms with Crippen LogP contribution in [0, 0.1) is 0 Å². The third kappa shape index (κ3) is 3.27. The van der Waals surface area contributed by atoms with Crippen molar-refractivity contribution < 1.29 is 13.2 Å². The molecular weight excluding hydrogens is 276 g/mol. The van der Waals surface area contributed by atoms with Gasteiger partial charge in [-0.05, 0) is 24.3 Å². The Hall–Kier alpha value is -2.08. The zero-order valence-corrected chi connectivity index (χ0v) is 11.9. The van der Waals surface area contributed by atoms with Crippen LogP contribution in [0.3, 0.4) is 0 Å². The van der Waals surface area contributed by atoms with Crippen molar-refractivity contribution in [2.45, 2.75) is 11.3 Å². The van der Waals surface area contributed by atoms with Gasteiger partial charge in [-0.2, -0.15) is 0 Å². The summed E-state index contributed by atoms with van der Waals surface area (Å²) < 4.78 is 29.7. The molecule has 0 saturated heterocycles. The average Bonchev–Trinajstić information content (AvgIpc) is 2.47. The molecule has 0 aliphatic heterocycles. The summed E-state index contributed by atoms with van der Waals surface area (Å²) in [5.74, 6) is 0.428. The van der Waals surface area contributed by atoms with Crippen molar-refractivity contribution in [3.05, 3.63) is 48.3 Å². The van der Waals surface area contributed by atoms with Gasteiger partial charge in [-0.25, -0.2) is 8.42 Å². The van der Waals surface area contributed by atoms with Gasteiger partial charge in [0.15, 0.2) is 9.84 Å². The van der Waals surface area contributed by atoms with Gasteiger partial charge in [0.25, 0.3) is 0 Å². The summed E-state index contributed by atoms with van der Waals surface area (Å²) in [5.41, 5.74) is 6.71. The van der Waals surface area contributed by atoms with Crippen molar-refractivity contribution in [2.24, 2.45) is 0 Å². The maximum atomic E-state index is 12.3. The summed E-state index contributed by atoms with van der Waals surface area (Å²) in [6.45, 7) is 0. The summed E-state index contributed by atoms with van der Waals surface area (Å²) >= 11 is 0. The Labute approximate surface area is 118 Å². The van der Waals surface area contributed by atoms with Gasteiger partial charge in [-0.3, -0.25) is 4.98 Å². The third-order valence-electron chi connectivity index (χ3n) is 2.91. The number of anilines is 1. The minimum Gasteiger partial charge on any atom is -0.497 e. The number of rotatable bonds is 5. The van der Waals surface area contributed by atoms with Gasteiger partial charge in [0.2, 0.25) is 0 Å². The fourth-order valence-corrected chi connectivity index (χ4v) is 3.23. The van der Waals surface area contributed by atoms with E-state index >= 15 is 0 Å². The highest BCUT2D eigenvalue weighted by Gasteiger charge is 2.18. The number of nitrogens with zero attached hydrogens (tertiary/aromatic N) is 1. The van der Waals surface area contributed by atoms with Crippen molar-refractivity contribution in [3.63, 3.8) is 0 Å². The van der Waals surface area contributed by atoms with E-state index in [1.54, 1.807) is 24.4 Å². The lowest BCUT2D eigenvalue weighted by Crippen LogP contribution is -2.12. The Morgan fingerprint density at radius 1 is 1.25 bits per heavy atom. The Morgan fingerprint density at radius 2 is 2.05 bits per heavy atom. The fraction of sp³-hybridized carbons (Fsp3) is 0.214. The van der Waals surface area contributed by atoms with Crippen LogP contribution in [0.25, 0.3) is 0 Å². The molecule has 0 radical (unpaired) electrons. The molecule has 0 spiro atoms. The molecule has 1 aromatic heterocycles.